The van der Waals surface area contributed by atoms with Crippen molar-refractivity contribution in [1.29, 1.82) is 0 Å². The molecule has 4 nitrogen and oxygen atoms in total. The molecule has 0 bridgehead atoms. The molecule has 1 heterocycles. The van der Waals surface area contributed by atoms with Crippen LogP contribution in [0.15, 0.2) is 18.2 Å². The standard InChI is InChI=1S/C14H17FN2O2S/c1-2-9(5-6-18)17-14(19)13-12(16)10-7-8(15)3-4-11(10)20-13/h3-4,7,9,18H,2,5-6,16H2,1H3,(H,17,19). The molecule has 0 aliphatic carbocycles. The van der Waals surface area contributed by atoms with Crippen LogP contribution in [0.5, 0.6) is 0 Å². The van der Waals surface area contributed by atoms with Crippen LogP contribution in [-0.4, -0.2) is 23.7 Å². The Kier molecular flexibility index (Phi) is 4.57. The summed E-state index contributed by atoms with van der Waals surface area (Å²) in [4.78, 5) is 12.6. The molecule has 0 saturated heterocycles. The van der Waals surface area contributed by atoms with Crippen molar-refractivity contribution in [1.82, 2.24) is 5.32 Å². The fourth-order valence-corrected chi connectivity index (χ4v) is 3.05. The van der Waals surface area contributed by atoms with Crippen LogP contribution in [0.4, 0.5) is 10.1 Å². The lowest BCUT2D eigenvalue weighted by Crippen LogP contribution is -2.34. The average molecular weight is 296 g/mol. The first kappa shape index (κ1) is 14.7. The van der Waals surface area contributed by atoms with E-state index in [4.69, 9.17) is 10.8 Å². The van der Waals surface area contributed by atoms with Crippen LogP contribution >= 0.6 is 11.3 Å². The van der Waals surface area contributed by atoms with E-state index in [1.807, 2.05) is 6.92 Å². The second-order valence-corrected chi connectivity index (χ2v) is 5.63. The first-order valence-electron chi connectivity index (χ1n) is 6.46. The van der Waals surface area contributed by atoms with E-state index in [1.54, 1.807) is 6.07 Å². The van der Waals surface area contributed by atoms with E-state index in [0.29, 0.717) is 22.4 Å². The zero-order valence-electron chi connectivity index (χ0n) is 11.1. The summed E-state index contributed by atoms with van der Waals surface area (Å²) >= 11 is 1.25. The van der Waals surface area contributed by atoms with E-state index in [9.17, 15) is 9.18 Å². The number of aliphatic hydroxyl groups is 1. The summed E-state index contributed by atoms with van der Waals surface area (Å²) in [5, 5.41) is 12.3. The molecule has 1 unspecified atom stereocenters. The van der Waals surface area contributed by atoms with Gasteiger partial charge in [0.05, 0.1) is 5.69 Å². The minimum Gasteiger partial charge on any atom is -0.397 e. The number of anilines is 1. The molecule has 20 heavy (non-hydrogen) atoms. The Morgan fingerprint density at radius 2 is 2.30 bits per heavy atom. The molecule has 0 radical (unpaired) electrons. The molecule has 0 aliphatic heterocycles. The number of rotatable bonds is 5. The highest BCUT2D eigenvalue weighted by Crippen LogP contribution is 2.34. The second kappa shape index (κ2) is 6.19. The Balaban J connectivity index is 2.28. The minimum absolute atomic E-state index is 0.0197. The topological polar surface area (TPSA) is 75.3 Å². The number of nitrogens with one attached hydrogen (secondary N) is 1. The molecule has 1 aromatic heterocycles. The van der Waals surface area contributed by atoms with Gasteiger partial charge in [-0.25, -0.2) is 4.39 Å². The van der Waals surface area contributed by atoms with Crippen LogP contribution in [0.25, 0.3) is 10.1 Å². The Morgan fingerprint density at radius 3 is 2.95 bits per heavy atom. The molecule has 4 N–H and O–H groups in total. The normalized spacial score (nSPS) is 12.6. The molecule has 0 fully saturated rings. The van der Waals surface area contributed by atoms with Gasteiger partial charge in [-0.15, -0.1) is 11.3 Å². The van der Waals surface area contributed by atoms with E-state index < -0.39 is 0 Å². The molecule has 2 rings (SSSR count). The molecular weight excluding hydrogens is 279 g/mol. The van der Waals surface area contributed by atoms with E-state index >= 15 is 0 Å². The molecule has 1 atom stereocenters. The maximum absolute atomic E-state index is 13.2. The van der Waals surface area contributed by atoms with Crippen LogP contribution in [0.1, 0.15) is 29.4 Å². The van der Waals surface area contributed by atoms with Gasteiger partial charge in [-0.3, -0.25) is 4.79 Å². The number of aliphatic hydroxyl groups excluding tert-OH is 1. The zero-order chi connectivity index (χ0) is 14.7. The highest BCUT2D eigenvalue weighted by molar-refractivity contribution is 7.21. The van der Waals surface area contributed by atoms with Gasteiger partial charge >= 0.3 is 0 Å². The molecule has 108 valence electrons. The van der Waals surface area contributed by atoms with Gasteiger partial charge in [0.15, 0.2) is 0 Å². The van der Waals surface area contributed by atoms with Crippen molar-refractivity contribution >= 4 is 33.0 Å². The third-order valence-electron chi connectivity index (χ3n) is 3.20. The first-order valence-corrected chi connectivity index (χ1v) is 7.27. The minimum atomic E-state index is -0.374. The quantitative estimate of drug-likeness (QED) is 0.793. The van der Waals surface area contributed by atoms with Crippen molar-refractivity contribution in [3.8, 4) is 0 Å². The largest absolute Gasteiger partial charge is 0.397 e. The Hall–Kier alpha value is -1.66. The Labute approximate surface area is 120 Å². The summed E-state index contributed by atoms with van der Waals surface area (Å²) in [5.74, 6) is -0.648. The number of hydrogen-bond donors (Lipinski definition) is 3. The molecule has 6 heteroatoms. The molecule has 2 aromatic rings. The summed E-state index contributed by atoms with van der Waals surface area (Å²) in [6, 6.07) is 4.21. The van der Waals surface area contributed by atoms with Crippen LogP contribution < -0.4 is 11.1 Å². The number of thiophene rings is 1. The lowest BCUT2D eigenvalue weighted by molar-refractivity contribution is 0.0934. The Bertz CT molecular complexity index is 627. The number of nitrogen functional groups attached to an aromatic ring is 1. The fraction of sp³-hybridized carbons (Fsp3) is 0.357. The van der Waals surface area contributed by atoms with Crippen LogP contribution in [0.3, 0.4) is 0 Å². The third kappa shape index (κ3) is 2.91. The highest BCUT2D eigenvalue weighted by Gasteiger charge is 2.19. The molecule has 0 spiro atoms. The number of carbonyl (C=O) groups is 1. The van der Waals surface area contributed by atoms with Crippen LogP contribution in [0.2, 0.25) is 0 Å². The van der Waals surface area contributed by atoms with Crippen molar-refractivity contribution in [3.63, 3.8) is 0 Å². The van der Waals surface area contributed by atoms with Crippen molar-refractivity contribution in [2.24, 2.45) is 0 Å². The molecule has 1 amide bonds. The van der Waals surface area contributed by atoms with Crippen molar-refractivity contribution in [2.75, 3.05) is 12.3 Å². The molecule has 0 saturated carbocycles. The van der Waals surface area contributed by atoms with Crippen LogP contribution in [0, 0.1) is 5.82 Å². The van der Waals surface area contributed by atoms with Crippen molar-refractivity contribution < 1.29 is 14.3 Å². The SMILES string of the molecule is CCC(CCO)NC(=O)c1sc2ccc(F)cc2c1N. The summed E-state index contributed by atoms with van der Waals surface area (Å²) in [7, 11) is 0. The maximum Gasteiger partial charge on any atom is 0.263 e. The van der Waals surface area contributed by atoms with Crippen molar-refractivity contribution in [2.45, 2.75) is 25.8 Å². The summed E-state index contributed by atoms with van der Waals surface area (Å²) < 4.78 is 14.0. The third-order valence-corrected chi connectivity index (χ3v) is 4.39. The number of hydrogen-bond acceptors (Lipinski definition) is 4. The van der Waals surface area contributed by atoms with E-state index in [-0.39, 0.29) is 24.4 Å². The predicted octanol–water partition coefficient (Wildman–Crippen LogP) is 2.51. The fourth-order valence-electron chi connectivity index (χ4n) is 2.04. The van der Waals surface area contributed by atoms with E-state index in [2.05, 4.69) is 5.32 Å². The van der Waals surface area contributed by atoms with Crippen LogP contribution in [-0.2, 0) is 0 Å². The van der Waals surface area contributed by atoms with Gasteiger partial charge in [-0.05, 0) is 31.0 Å². The Morgan fingerprint density at radius 1 is 1.55 bits per heavy atom. The average Bonchev–Trinajstić information content (AvgIpc) is 2.75. The lowest BCUT2D eigenvalue weighted by Gasteiger charge is -2.15. The van der Waals surface area contributed by atoms with E-state index in [0.717, 1.165) is 11.1 Å². The van der Waals surface area contributed by atoms with Gasteiger partial charge in [0, 0.05) is 22.7 Å². The number of halogens is 1. The maximum atomic E-state index is 13.2. The number of amides is 1. The second-order valence-electron chi connectivity index (χ2n) is 4.58. The van der Waals surface area contributed by atoms with Gasteiger partial charge in [0.1, 0.15) is 10.7 Å². The van der Waals surface area contributed by atoms with Gasteiger partial charge in [0.25, 0.3) is 5.91 Å². The zero-order valence-corrected chi connectivity index (χ0v) is 12.0. The number of nitrogens with two attached hydrogens (primary N) is 1. The highest BCUT2D eigenvalue weighted by atomic mass is 32.1. The number of benzene rings is 1. The van der Waals surface area contributed by atoms with Gasteiger partial charge in [0.2, 0.25) is 0 Å². The summed E-state index contributed by atoms with van der Waals surface area (Å²) in [6.07, 6.45) is 1.23. The smallest absolute Gasteiger partial charge is 0.263 e. The van der Waals surface area contributed by atoms with Gasteiger partial charge in [-0.2, -0.15) is 0 Å². The van der Waals surface area contributed by atoms with Gasteiger partial charge < -0.3 is 16.2 Å². The van der Waals surface area contributed by atoms with Gasteiger partial charge in [-0.1, -0.05) is 6.92 Å². The lowest BCUT2D eigenvalue weighted by atomic mass is 10.1. The monoisotopic (exact) mass is 296 g/mol. The molecule has 0 aliphatic rings. The predicted molar refractivity (Wildman–Crippen MR) is 79.4 cm³/mol. The molecule has 1 aromatic carbocycles. The van der Waals surface area contributed by atoms with E-state index in [1.165, 1.54) is 23.5 Å². The summed E-state index contributed by atoms with van der Waals surface area (Å²) in [6.45, 7) is 1.95. The summed E-state index contributed by atoms with van der Waals surface area (Å²) in [5.41, 5.74) is 6.24. The number of fused-ring (bicyclic) bond motifs is 1. The first-order chi connectivity index (χ1) is 9.56. The number of carbonyl (C=O) groups excluding carboxylic acids is 1. The van der Waals surface area contributed by atoms with Crippen molar-refractivity contribution in [3.05, 3.63) is 28.9 Å². The molecular formula is C14H17FN2O2S.